The summed E-state index contributed by atoms with van der Waals surface area (Å²) in [6, 6.07) is 115. The van der Waals surface area contributed by atoms with Crippen LogP contribution >= 0.6 is 0 Å². The van der Waals surface area contributed by atoms with Crippen molar-refractivity contribution in [2.75, 3.05) is 0 Å². The van der Waals surface area contributed by atoms with Crippen LogP contribution in [0.4, 0.5) is 0 Å². The molecule has 0 saturated carbocycles. The zero-order valence-corrected chi connectivity index (χ0v) is 85.6. The van der Waals surface area contributed by atoms with E-state index < -0.39 is 0 Å². The summed E-state index contributed by atoms with van der Waals surface area (Å²) in [5.74, 6) is 0.0356. The first-order valence-corrected chi connectivity index (χ1v) is 42.5. The molecule has 0 bridgehead atoms. The fourth-order valence-electron chi connectivity index (χ4n) is 14.9. The van der Waals surface area contributed by atoms with Crippen LogP contribution in [-0.2, 0) is 101 Å². The maximum absolute atomic E-state index is 11.0. The number of pyridine rings is 4. The molecule has 0 aliphatic carbocycles. The van der Waals surface area contributed by atoms with Gasteiger partial charge in [0.1, 0.15) is 0 Å². The minimum absolute atomic E-state index is 0. The predicted octanol–water partition coefficient (Wildman–Crippen LogP) is 27.9. The normalized spacial score (nSPS) is 11.0. The molecule has 5 aromatic heterocycles. The Morgan fingerprint density at radius 3 is 1.50 bits per heavy atom. The molecule has 18 aromatic rings. The molecule has 0 saturated heterocycles. The average Bonchev–Trinajstić information content (AvgIpc) is 1.31. The van der Waals surface area contributed by atoms with Crippen LogP contribution in [0.2, 0.25) is 0 Å². The van der Waals surface area contributed by atoms with Crippen molar-refractivity contribution in [3.63, 3.8) is 0 Å². The summed E-state index contributed by atoms with van der Waals surface area (Å²) in [4.78, 5) is 54.8. The largest absolute Gasteiger partial charge is 0.512 e. The topological polar surface area (TPSA) is 180 Å². The van der Waals surface area contributed by atoms with Gasteiger partial charge in [-0.3, -0.25) is 34.3 Å². The van der Waals surface area contributed by atoms with Gasteiger partial charge in [-0.2, -0.15) is 4.57 Å². The number of hydrogen-bond donors (Lipinski definition) is 3. The number of ketones is 3. The number of benzene rings is 13. The van der Waals surface area contributed by atoms with Crippen molar-refractivity contribution < 1.29 is 115 Å². The number of hydrogen-bond acceptors (Lipinski definition) is 11. The summed E-state index contributed by atoms with van der Waals surface area (Å²) in [7, 11) is 0. The molecule has 1 aliphatic rings. The first-order chi connectivity index (χ1) is 61.1. The number of rotatable bonds is 10. The Kier molecular flexibility index (Phi) is 39.3. The second-order valence-corrected chi connectivity index (χ2v) is 32.4. The van der Waals surface area contributed by atoms with Crippen molar-refractivity contribution in [3.8, 4) is 67.3 Å². The SMILES string of the molecule is CC(=O)C=C(C)O.CC(=O)C=C(C)O.CC(C)C(=O)C=C(O)C(C)C.Cc1[c-]c(-c2ccc3ccc(C)cc3n2)cc(C)c1.Cc1[c-]c(-c2ccc3ccccc3n2)cc(C)c1.Cc1cc2ccccc2nc1-c1[c-]cccc1.Cc1cnc2c3[c-]cc(-c4ccccc4)cc3c3cc(-c4ccccc4)ccc3c2n1.[Ir].[Ir].[Ir].[Ir].c1ccc2c(c1)C[n+]1ccc3ccccc3c1-2. The van der Waals surface area contributed by atoms with Crippen LogP contribution in [0.3, 0.4) is 0 Å². The van der Waals surface area contributed by atoms with Crippen LogP contribution in [0.25, 0.3) is 143 Å². The second kappa shape index (κ2) is 49.6. The van der Waals surface area contributed by atoms with Crippen LogP contribution in [0.1, 0.15) is 100 Å². The van der Waals surface area contributed by atoms with Crippen molar-refractivity contribution >= 4 is 93.4 Å². The Morgan fingerprint density at radius 1 is 0.405 bits per heavy atom. The standard InChI is InChI=1S/C29H19N2.C18H16N.C17H14N.2C16H12N.C9H16O2.2C5H8O2.4Ir/c1-19-18-30-28-24-14-12-22(20-8-4-2-5-9-20)16-26(24)27-17-23(21-10-6-3-7-11-21)13-15-25(27)29(28)31-19;1-12-4-5-15-6-7-17(19-18(15)11-12)16-9-13(2)8-14(3)10-16;1-12-9-13(2)11-15(10-12)17-8-7-14-5-3-4-6-16(14)18-17;1-3-7-14-12(5-1)9-10-17-11-13-6-2-4-8-15(13)16(14)17;1-12-11-14-9-5-6-10-15(14)17-16(12)13-7-3-2-4-8-13;1-6(2)8(10)5-9(11)7(3)4;2*1-4(6)3-5(2)7;;;;/h2-13,15-18H,1H3;4-9,11H,1-3H3;3-10H,1-2H3;1-10H,11H2;2-7,9-11H,1H3;5-7,10H,1-4H3;2*3,6H,1-2H3;;;;/q3*-1;+1;-1;;;;;;;. The Labute approximate surface area is 823 Å². The molecular weight excluding hydrogens is 2330 g/mol. The quantitative estimate of drug-likeness (QED) is 0.0390. The number of aromatic nitrogens is 6. The third kappa shape index (κ3) is 28.5. The van der Waals surface area contributed by atoms with Crippen molar-refractivity contribution in [1.29, 1.82) is 0 Å². The van der Waals surface area contributed by atoms with E-state index in [1.54, 1.807) is 0 Å². The van der Waals surface area contributed by atoms with Gasteiger partial charge in [-0.1, -0.05) is 277 Å². The third-order valence-electron chi connectivity index (χ3n) is 20.8. The molecule has 0 amide bonds. The molecule has 3 N–H and O–H groups in total. The molecule has 12 nitrogen and oxygen atoms in total. The number of nitrogens with zero attached hydrogens (tertiary/aromatic N) is 6. The molecule has 6 heterocycles. The number of aliphatic hydroxyl groups is 3. The van der Waals surface area contributed by atoms with Crippen molar-refractivity contribution in [3.05, 3.63) is 408 Å². The van der Waals surface area contributed by atoms with Crippen LogP contribution in [-0.4, -0.2) is 57.6 Å². The molecule has 4 radical (unpaired) electrons. The molecule has 0 fully saturated rings. The Bertz CT molecular complexity index is 7040. The molecule has 1 aliphatic heterocycles. The van der Waals surface area contributed by atoms with Gasteiger partial charge >= 0.3 is 0 Å². The van der Waals surface area contributed by atoms with Gasteiger partial charge in [0.25, 0.3) is 0 Å². The Hall–Kier alpha value is -12.4. The van der Waals surface area contributed by atoms with Gasteiger partial charge in [0.05, 0.1) is 56.0 Å². The van der Waals surface area contributed by atoms with E-state index in [1.807, 2.05) is 114 Å². The summed E-state index contributed by atoms with van der Waals surface area (Å²) >= 11 is 0. The number of aliphatic hydroxyl groups excluding tert-OH is 3. The van der Waals surface area contributed by atoms with Crippen LogP contribution in [0.5, 0.6) is 0 Å². The molecule has 0 spiro atoms. The van der Waals surface area contributed by atoms with Gasteiger partial charge in [0.2, 0.25) is 5.69 Å². The van der Waals surface area contributed by atoms with E-state index in [0.29, 0.717) is 0 Å². The maximum atomic E-state index is 11.0. The number of carbonyl (C=O) groups is 3. The number of allylic oxidation sites excluding steroid dienone is 6. The van der Waals surface area contributed by atoms with Crippen molar-refractivity contribution in [2.24, 2.45) is 11.8 Å². The van der Waals surface area contributed by atoms with E-state index in [9.17, 15) is 19.5 Å². The number of para-hydroxylation sites is 2. The maximum Gasteiger partial charge on any atom is 0.221 e. The first-order valence-electron chi connectivity index (χ1n) is 42.5. The van der Waals surface area contributed by atoms with Gasteiger partial charge in [0.15, 0.2) is 30.1 Å². The summed E-state index contributed by atoms with van der Waals surface area (Å²) in [6.07, 6.45) is 7.68. The molecule has 13 aromatic carbocycles. The number of carbonyl (C=O) groups excluding carboxylic acids is 3. The average molecular weight is 2440 g/mol. The van der Waals surface area contributed by atoms with Crippen LogP contribution < -0.4 is 4.57 Å². The molecule has 0 unspecified atom stereocenters. The Balaban J connectivity index is 0.000000191. The monoisotopic (exact) mass is 2440 g/mol. The van der Waals surface area contributed by atoms with E-state index in [-0.39, 0.29) is 127 Å². The van der Waals surface area contributed by atoms with Crippen LogP contribution in [0.15, 0.2) is 339 Å². The van der Waals surface area contributed by atoms with Gasteiger partial charge in [-0.15, -0.1) is 129 Å². The van der Waals surface area contributed by atoms with Gasteiger partial charge in [-0.25, -0.2) is 0 Å². The molecule has 131 heavy (non-hydrogen) atoms. The zero-order chi connectivity index (χ0) is 90.4. The predicted molar refractivity (Wildman–Crippen MR) is 524 cm³/mol. The van der Waals surface area contributed by atoms with E-state index >= 15 is 0 Å². The van der Waals surface area contributed by atoms with Crippen molar-refractivity contribution in [2.45, 2.75) is 110 Å². The van der Waals surface area contributed by atoms with Gasteiger partial charge in [-0.05, 0) is 140 Å². The zero-order valence-electron chi connectivity index (χ0n) is 76.0. The summed E-state index contributed by atoms with van der Waals surface area (Å²) < 4.78 is 2.34. The molecule has 670 valence electrons. The Morgan fingerprint density at radius 2 is 0.931 bits per heavy atom. The molecule has 19 rings (SSSR count). The van der Waals surface area contributed by atoms with Crippen molar-refractivity contribution in [1.82, 2.24) is 24.9 Å². The summed E-state index contributed by atoms with van der Waals surface area (Å²) in [5, 5.41) is 36.6. The fourth-order valence-corrected chi connectivity index (χ4v) is 14.9. The van der Waals surface area contributed by atoms with Crippen LogP contribution in [0, 0.1) is 84.6 Å². The third-order valence-corrected chi connectivity index (χ3v) is 20.8. The second-order valence-electron chi connectivity index (χ2n) is 32.4. The van der Waals surface area contributed by atoms with E-state index in [1.165, 1.54) is 134 Å². The summed E-state index contributed by atoms with van der Waals surface area (Å²) in [6.45, 7) is 28.5. The van der Waals surface area contributed by atoms with E-state index in [2.05, 4.69) is 295 Å². The number of aryl methyl sites for hydroxylation is 7. The van der Waals surface area contributed by atoms with E-state index in [0.717, 1.165) is 106 Å². The minimum atomic E-state index is -0.125. The molecular formula is C115H105Ir4N6O6-3. The van der Waals surface area contributed by atoms with E-state index in [4.69, 9.17) is 35.1 Å². The molecule has 0 atom stereocenters. The van der Waals surface area contributed by atoms with Gasteiger partial charge < -0.3 is 20.3 Å². The fraction of sp³-hybridized carbons (Fsp3) is 0.157. The first kappa shape index (κ1) is 104. The number of fused-ring (bicyclic) bond motifs is 14. The smallest absolute Gasteiger partial charge is 0.221 e. The van der Waals surface area contributed by atoms with Gasteiger partial charge in [0, 0.05) is 134 Å². The molecule has 16 heteroatoms. The minimum Gasteiger partial charge on any atom is -0.512 e. The summed E-state index contributed by atoms with van der Waals surface area (Å²) in [5.41, 5.74) is 28.2.